The van der Waals surface area contributed by atoms with E-state index in [1.54, 1.807) is 6.08 Å². The number of carbonyl (C=O) groups is 1. The maximum atomic E-state index is 11.0. The van der Waals surface area contributed by atoms with Crippen LogP contribution in [0.4, 0.5) is 0 Å². The molecule has 0 aromatic carbocycles. The Hall–Kier alpha value is -1.15. The van der Waals surface area contributed by atoms with Gasteiger partial charge in [0.25, 0.3) is 0 Å². The van der Waals surface area contributed by atoms with Gasteiger partial charge in [-0.2, -0.15) is 4.99 Å². The fraction of sp³-hybridized carbons (Fsp3) is 0.857. The summed E-state index contributed by atoms with van der Waals surface area (Å²) in [6, 6.07) is 0. The lowest BCUT2D eigenvalue weighted by atomic mass is 9.47. The molecule has 0 heterocycles. The number of nitrogens with zero attached hydrogens (tertiary/aromatic N) is 1. The van der Waals surface area contributed by atoms with Crippen LogP contribution < -0.4 is 0 Å². The van der Waals surface area contributed by atoms with E-state index in [0.717, 1.165) is 32.1 Å². The summed E-state index contributed by atoms with van der Waals surface area (Å²) in [5, 5.41) is 0. The van der Waals surface area contributed by atoms with Crippen LogP contribution in [0.2, 0.25) is 0 Å². The molecule has 4 aliphatic rings. The zero-order valence-electron chi connectivity index (χ0n) is 10.8. The minimum Gasteiger partial charge on any atom is -0.465 e. The first-order valence-electron chi connectivity index (χ1n) is 6.77. The maximum Gasteiger partial charge on any atom is 0.302 e. The van der Waals surface area contributed by atoms with Gasteiger partial charge in [0.05, 0.1) is 12.1 Å². The van der Waals surface area contributed by atoms with Crippen LogP contribution >= 0.6 is 0 Å². The van der Waals surface area contributed by atoms with Gasteiger partial charge in [-0.25, -0.2) is 4.79 Å². The van der Waals surface area contributed by atoms with Crippen molar-refractivity contribution in [1.82, 2.24) is 0 Å². The molecule has 0 amide bonds. The van der Waals surface area contributed by atoms with Crippen molar-refractivity contribution < 1.29 is 14.3 Å². The van der Waals surface area contributed by atoms with E-state index in [2.05, 4.69) is 4.99 Å². The Kier molecular flexibility index (Phi) is 2.60. The monoisotopic (exact) mass is 249 g/mol. The van der Waals surface area contributed by atoms with Crippen LogP contribution in [-0.4, -0.2) is 24.2 Å². The summed E-state index contributed by atoms with van der Waals surface area (Å²) in [6.45, 7) is 1.96. The lowest BCUT2D eigenvalue weighted by Gasteiger charge is -2.59. The van der Waals surface area contributed by atoms with Crippen molar-refractivity contribution >= 4 is 12.0 Å². The standard InChI is InChI=1S/C14H19NO3/c1-10(17)18-8-13-3-11-2-12(4-13)6-14(5-11,7-13)15-9-16/h11-12H,2-8H2,1H3. The van der Waals surface area contributed by atoms with Gasteiger partial charge in [-0.1, -0.05) is 0 Å². The Morgan fingerprint density at radius 3 is 2.56 bits per heavy atom. The minimum atomic E-state index is -0.210. The lowest BCUT2D eigenvalue weighted by Crippen LogP contribution is -2.56. The average molecular weight is 249 g/mol. The summed E-state index contributed by atoms with van der Waals surface area (Å²) in [5.74, 6) is 1.09. The van der Waals surface area contributed by atoms with Gasteiger partial charge in [0, 0.05) is 12.3 Å². The van der Waals surface area contributed by atoms with Crippen molar-refractivity contribution in [3.63, 3.8) is 0 Å². The van der Waals surface area contributed by atoms with Gasteiger partial charge in [0.2, 0.25) is 6.08 Å². The number of isocyanates is 1. The summed E-state index contributed by atoms with van der Waals surface area (Å²) >= 11 is 0. The van der Waals surface area contributed by atoms with Crippen molar-refractivity contribution in [3.05, 3.63) is 0 Å². The first-order chi connectivity index (χ1) is 8.55. The van der Waals surface area contributed by atoms with Gasteiger partial charge < -0.3 is 4.74 Å². The van der Waals surface area contributed by atoms with Crippen molar-refractivity contribution in [2.75, 3.05) is 6.61 Å². The molecule has 98 valence electrons. The molecular formula is C14H19NO3. The van der Waals surface area contributed by atoms with E-state index in [4.69, 9.17) is 4.74 Å². The fourth-order valence-corrected chi connectivity index (χ4v) is 5.05. The Balaban J connectivity index is 1.84. The summed E-state index contributed by atoms with van der Waals surface area (Å²) in [5.41, 5.74) is -0.109. The predicted molar refractivity (Wildman–Crippen MR) is 64.6 cm³/mol. The van der Waals surface area contributed by atoms with Crippen LogP contribution in [0.1, 0.15) is 45.4 Å². The van der Waals surface area contributed by atoms with E-state index < -0.39 is 0 Å². The highest BCUT2D eigenvalue weighted by Crippen LogP contribution is 2.62. The van der Waals surface area contributed by atoms with E-state index in [0.29, 0.717) is 18.4 Å². The first-order valence-corrected chi connectivity index (χ1v) is 6.77. The molecule has 0 saturated heterocycles. The number of aliphatic imine (C=N–C) groups is 1. The number of hydrogen-bond donors (Lipinski definition) is 0. The molecule has 4 bridgehead atoms. The van der Waals surface area contributed by atoms with Crippen LogP contribution in [0.15, 0.2) is 4.99 Å². The van der Waals surface area contributed by atoms with E-state index in [-0.39, 0.29) is 16.9 Å². The Bertz CT molecular complexity index is 411. The zero-order chi connectivity index (χ0) is 12.8. The first kappa shape index (κ1) is 11.9. The third-order valence-corrected chi connectivity index (χ3v) is 5.02. The largest absolute Gasteiger partial charge is 0.465 e. The Morgan fingerprint density at radius 2 is 2.00 bits per heavy atom. The van der Waals surface area contributed by atoms with Gasteiger partial charge in [0.15, 0.2) is 0 Å². The van der Waals surface area contributed by atoms with Crippen molar-refractivity contribution in [2.45, 2.75) is 51.0 Å². The summed E-state index contributed by atoms with van der Waals surface area (Å²) in [4.78, 5) is 25.9. The van der Waals surface area contributed by atoms with Crippen molar-refractivity contribution in [3.8, 4) is 0 Å². The zero-order valence-corrected chi connectivity index (χ0v) is 10.8. The molecule has 0 spiro atoms. The second-order valence-electron chi connectivity index (χ2n) is 6.67. The molecule has 18 heavy (non-hydrogen) atoms. The fourth-order valence-electron chi connectivity index (χ4n) is 5.05. The number of ether oxygens (including phenoxy) is 1. The molecule has 0 radical (unpaired) electrons. The normalized spacial score (nSPS) is 44.5. The summed E-state index contributed by atoms with van der Waals surface area (Å²) < 4.78 is 5.27. The molecule has 4 saturated carbocycles. The van der Waals surface area contributed by atoms with Gasteiger partial charge in [-0.15, -0.1) is 0 Å². The van der Waals surface area contributed by atoms with Crippen LogP contribution in [0.3, 0.4) is 0 Å². The highest BCUT2D eigenvalue weighted by atomic mass is 16.5. The van der Waals surface area contributed by atoms with E-state index in [1.807, 2.05) is 0 Å². The second kappa shape index (κ2) is 3.92. The number of carbonyl (C=O) groups excluding carboxylic acids is 2. The van der Waals surface area contributed by atoms with Crippen LogP contribution in [-0.2, 0) is 14.3 Å². The molecule has 0 aromatic heterocycles. The highest BCUT2D eigenvalue weighted by Gasteiger charge is 2.58. The minimum absolute atomic E-state index is 0.0795. The average Bonchev–Trinajstić information content (AvgIpc) is 2.24. The molecule has 2 unspecified atom stereocenters. The number of rotatable bonds is 3. The topological polar surface area (TPSA) is 55.7 Å². The van der Waals surface area contributed by atoms with Gasteiger partial charge in [0.1, 0.15) is 0 Å². The van der Waals surface area contributed by atoms with Crippen LogP contribution in [0.25, 0.3) is 0 Å². The van der Waals surface area contributed by atoms with Crippen molar-refractivity contribution in [2.24, 2.45) is 22.2 Å². The molecule has 4 heteroatoms. The van der Waals surface area contributed by atoms with Crippen molar-refractivity contribution in [1.29, 1.82) is 0 Å². The molecule has 0 aliphatic heterocycles. The van der Waals surface area contributed by atoms with Crippen LogP contribution in [0, 0.1) is 17.3 Å². The Labute approximate surface area is 107 Å². The molecule has 4 aliphatic carbocycles. The lowest BCUT2D eigenvalue weighted by molar-refractivity contribution is -0.154. The van der Waals surface area contributed by atoms with Gasteiger partial charge in [-0.05, 0) is 50.4 Å². The molecule has 4 fully saturated rings. The van der Waals surface area contributed by atoms with Gasteiger partial charge >= 0.3 is 5.97 Å². The predicted octanol–water partition coefficient (Wildman–Crippen LogP) is 2.22. The number of hydrogen-bond acceptors (Lipinski definition) is 4. The highest BCUT2D eigenvalue weighted by molar-refractivity contribution is 5.65. The van der Waals surface area contributed by atoms with E-state index in [1.165, 1.54) is 13.3 Å². The molecular weight excluding hydrogens is 230 g/mol. The SMILES string of the molecule is CC(=O)OCC12CC3CC(C1)CC(N=C=O)(C3)C2. The molecule has 0 N–H and O–H groups in total. The quantitative estimate of drug-likeness (QED) is 0.438. The Morgan fingerprint density at radius 1 is 1.33 bits per heavy atom. The second-order valence-corrected chi connectivity index (χ2v) is 6.67. The number of esters is 1. The maximum absolute atomic E-state index is 11.0. The summed E-state index contributed by atoms with van der Waals surface area (Å²) in [6.07, 6.45) is 8.25. The molecule has 4 rings (SSSR count). The van der Waals surface area contributed by atoms with Gasteiger partial charge in [-0.3, -0.25) is 4.79 Å². The third kappa shape index (κ3) is 1.89. The third-order valence-electron chi connectivity index (χ3n) is 5.02. The smallest absolute Gasteiger partial charge is 0.302 e. The molecule has 2 atom stereocenters. The molecule has 4 nitrogen and oxygen atoms in total. The summed E-state index contributed by atoms with van der Waals surface area (Å²) in [7, 11) is 0. The molecule has 0 aromatic rings. The van der Waals surface area contributed by atoms with E-state index >= 15 is 0 Å². The van der Waals surface area contributed by atoms with E-state index in [9.17, 15) is 9.59 Å². The van der Waals surface area contributed by atoms with Crippen LogP contribution in [0.5, 0.6) is 0 Å².